The highest BCUT2D eigenvalue weighted by atomic mass is 127. The molecule has 1 N–H and O–H groups in total. The van der Waals surface area contributed by atoms with Crippen LogP contribution in [-0.4, -0.2) is 52.8 Å². The third-order valence-corrected chi connectivity index (χ3v) is 6.65. The molecular weight excluding hydrogens is 519 g/mol. The number of rotatable bonds is 8. The van der Waals surface area contributed by atoms with Crippen LogP contribution in [0.5, 0.6) is 0 Å². The van der Waals surface area contributed by atoms with Crippen LogP contribution in [-0.2, 0) is 4.79 Å². The molecule has 0 radical (unpaired) electrons. The van der Waals surface area contributed by atoms with Crippen LogP contribution >= 0.6 is 22.6 Å². The molecule has 32 heavy (non-hydrogen) atoms. The number of halogens is 1. The van der Waals surface area contributed by atoms with Crippen molar-refractivity contribution in [3.63, 3.8) is 0 Å². The third kappa shape index (κ3) is 4.19. The molecule has 2 aromatic carbocycles. The summed E-state index contributed by atoms with van der Waals surface area (Å²) in [6.45, 7) is 6.90. The highest BCUT2D eigenvalue weighted by Crippen LogP contribution is 2.39. The number of aliphatic hydroxyl groups excluding tert-OH is 1. The van der Waals surface area contributed by atoms with E-state index in [9.17, 15) is 14.7 Å². The van der Waals surface area contributed by atoms with Crippen molar-refractivity contribution in [2.45, 2.75) is 19.9 Å². The fraction of sp³-hybridized carbons (Fsp3) is 0.280. The van der Waals surface area contributed by atoms with Gasteiger partial charge in [0.1, 0.15) is 5.58 Å². The first kappa shape index (κ1) is 22.5. The Bertz CT molecular complexity index is 1150. The number of hydrogen-bond donors (Lipinski definition) is 1. The van der Waals surface area contributed by atoms with Gasteiger partial charge in [-0.1, -0.05) is 44.2 Å². The summed E-state index contributed by atoms with van der Waals surface area (Å²) in [6.07, 6.45) is 0. The fourth-order valence-corrected chi connectivity index (χ4v) is 4.48. The molecule has 1 aliphatic rings. The average molecular weight is 544 g/mol. The largest absolute Gasteiger partial charge is 0.503 e. The Kier molecular flexibility index (Phi) is 6.66. The Labute approximate surface area is 200 Å². The summed E-state index contributed by atoms with van der Waals surface area (Å²) in [5, 5.41) is 11.6. The van der Waals surface area contributed by atoms with E-state index in [0.717, 1.165) is 27.6 Å². The van der Waals surface area contributed by atoms with Crippen molar-refractivity contribution in [1.82, 2.24) is 9.80 Å². The van der Waals surface area contributed by atoms with Gasteiger partial charge in [0.05, 0.1) is 11.6 Å². The smallest absolute Gasteiger partial charge is 0.290 e. The molecule has 1 aromatic heterocycles. The normalized spacial score (nSPS) is 16.6. The summed E-state index contributed by atoms with van der Waals surface area (Å²) in [4.78, 5) is 30.4. The number of hydrogen-bond acceptors (Lipinski definition) is 5. The number of nitrogens with zero attached hydrogens (tertiary/aromatic N) is 2. The van der Waals surface area contributed by atoms with E-state index in [1.807, 2.05) is 42.5 Å². The first-order valence-corrected chi connectivity index (χ1v) is 11.8. The van der Waals surface area contributed by atoms with Crippen molar-refractivity contribution in [3.8, 4) is 0 Å². The Balaban J connectivity index is 1.74. The monoisotopic (exact) mass is 544 g/mol. The number of ketones is 1. The van der Waals surface area contributed by atoms with E-state index in [0.29, 0.717) is 18.7 Å². The van der Waals surface area contributed by atoms with E-state index in [1.165, 1.54) is 0 Å². The van der Waals surface area contributed by atoms with Gasteiger partial charge in [-0.25, -0.2) is 0 Å². The van der Waals surface area contributed by atoms with Gasteiger partial charge in [-0.3, -0.25) is 9.59 Å². The van der Waals surface area contributed by atoms with Gasteiger partial charge < -0.3 is 19.3 Å². The molecule has 0 aliphatic carbocycles. The second-order valence-corrected chi connectivity index (χ2v) is 8.97. The van der Waals surface area contributed by atoms with Gasteiger partial charge in [-0.2, -0.15) is 0 Å². The number of Topliss-reactive ketones (excluding diaryl/α,β-unsaturated/α-hetero) is 1. The minimum Gasteiger partial charge on any atom is -0.503 e. The van der Waals surface area contributed by atoms with Gasteiger partial charge >= 0.3 is 0 Å². The quantitative estimate of drug-likeness (QED) is 0.321. The molecule has 166 valence electrons. The van der Waals surface area contributed by atoms with Crippen molar-refractivity contribution < 1.29 is 19.1 Å². The number of carbonyl (C=O) groups excluding carboxylic acids is 2. The summed E-state index contributed by atoms with van der Waals surface area (Å²) in [5.74, 6) is -1.39. The molecule has 2 heterocycles. The number of para-hydroxylation sites is 1. The molecular formula is C25H25IN2O4. The summed E-state index contributed by atoms with van der Waals surface area (Å²) >= 11 is 2.21. The molecule has 1 aliphatic heterocycles. The Morgan fingerprint density at radius 3 is 2.47 bits per heavy atom. The Morgan fingerprint density at radius 2 is 1.81 bits per heavy atom. The second-order valence-electron chi connectivity index (χ2n) is 7.72. The number of aliphatic hydroxyl groups is 1. The minimum absolute atomic E-state index is 0.0646. The minimum atomic E-state index is -0.671. The van der Waals surface area contributed by atoms with Crippen LogP contribution in [0.15, 0.2) is 70.3 Å². The standard InChI is InChI=1S/C25H25IN2O4/c1-3-27(4-2)13-14-28-22(16-9-11-18(26)12-10-16)21(24(30)25(28)31)23(29)20-15-17-7-5-6-8-19(17)32-20/h5-12,15,22,30H,3-4,13-14H2,1-2H3. The summed E-state index contributed by atoms with van der Waals surface area (Å²) in [7, 11) is 0. The first-order valence-electron chi connectivity index (χ1n) is 10.7. The van der Waals surface area contributed by atoms with Gasteiger partial charge in [0.25, 0.3) is 5.91 Å². The van der Waals surface area contributed by atoms with E-state index < -0.39 is 23.5 Å². The van der Waals surface area contributed by atoms with Gasteiger partial charge in [0.2, 0.25) is 5.78 Å². The van der Waals surface area contributed by atoms with Crippen LogP contribution in [0.1, 0.15) is 36.0 Å². The predicted molar refractivity (Wildman–Crippen MR) is 132 cm³/mol. The molecule has 1 atom stereocenters. The van der Waals surface area contributed by atoms with Crippen LogP contribution in [0.2, 0.25) is 0 Å². The van der Waals surface area contributed by atoms with Crippen LogP contribution in [0, 0.1) is 3.57 Å². The summed E-state index contributed by atoms with van der Waals surface area (Å²) < 4.78 is 6.81. The van der Waals surface area contributed by atoms with Crippen molar-refractivity contribution in [3.05, 3.63) is 80.8 Å². The predicted octanol–water partition coefficient (Wildman–Crippen LogP) is 4.96. The molecule has 0 saturated carbocycles. The van der Waals surface area contributed by atoms with Crippen molar-refractivity contribution in [2.75, 3.05) is 26.2 Å². The lowest BCUT2D eigenvalue weighted by molar-refractivity contribution is -0.129. The molecule has 0 saturated heterocycles. The number of furan rings is 1. The number of amides is 1. The molecule has 1 amide bonds. The highest BCUT2D eigenvalue weighted by molar-refractivity contribution is 14.1. The van der Waals surface area contributed by atoms with E-state index >= 15 is 0 Å². The molecule has 3 aromatic rings. The SMILES string of the molecule is CCN(CC)CCN1C(=O)C(O)=C(C(=O)c2cc3ccccc3o2)C1c1ccc(I)cc1. The van der Waals surface area contributed by atoms with Gasteiger partial charge in [0.15, 0.2) is 11.5 Å². The van der Waals surface area contributed by atoms with E-state index in [4.69, 9.17) is 4.42 Å². The van der Waals surface area contributed by atoms with Crippen molar-refractivity contribution in [1.29, 1.82) is 0 Å². The molecule has 0 bridgehead atoms. The Hall–Kier alpha value is -2.65. The number of likely N-dealkylation sites (N-methyl/N-ethyl adjacent to an activating group) is 1. The highest BCUT2D eigenvalue weighted by Gasteiger charge is 2.44. The number of fused-ring (bicyclic) bond motifs is 1. The number of benzene rings is 2. The Morgan fingerprint density at radius 1 is 1.12 bits per heavy atom. The maximum Gasteiger partial charge on any atom is 0.290 e. The topological polar surface area (TPSA) is 74.0 Å². The lowest BCUT2D eigenvalue weighted by Crippen LogP contribution is -2.38. The van der Waals surface area contributed by atoms with Gasteiger partial charge in [0, 0.05) is 22.0 Å². The van der Waals surface area contributed by atoms with Gasteiger partial charge in [-0.15, -0.1) is 0 Å². The zero-order chi connectivity index (χ0) is 22.8. The third-order valence-electron chi connectivity index (χ3n) is 5.93. The summed E-state index contributed by atoms with van der Waals surface area (Å²) in [6, 6.07) is 16.0. The molecule has 6 nitrogen and oxygen atoms in total. The maximum absolute atomic E-state index is 13.5. The average Bonchev–Trinajstić information content (AvgIpc) is 3.34. The van der Waals surface area contributed by atoms with E-state index in [1.54, 1.807) is 17.0 Å². The van der Waals surface area contributed by atoms with Crippen LogP contribution in [0.25, 0.3) is 11.0 Å². The van der Waals surface area contributed by atoms with Crippen molar-refractivity contribution >= 4 is 45.3 Å². The second kappa shape index (κ2) is 9.46. The lowest BCUT2D eigenvalue weighted by atomic mass is 9.95. The van der Waals surface area contributed by atoms with Crippen LogP contribution in [0.4, 0.5) is 0 Å². The summed E-state index contributed by atoms with van der Waals surface area (Å²) in [5.41, 5.74) is 1.43. The zero-order valence-electron chi connectivity index (χ0n) is 18.0. The van der Waals surface area contributed by atoms with E-state index in [-0.39, 0.29) is 11.3 Å². The van der Waals surface area contributed by atoms with E-state index in [2.05, 4.69) is 41.3 Å². The maximum atomic E-state index is 13.5. The van der Waals surface area contributed by atoms with Crippen molar-refractivity contribution in [2.24, 2.45) is 0 Å². The molecule has 0 fully saturated rings. The lowest BCUT2D eigenvalue weighted by Gasteiger charge is -2.29. The molecule has 7 heteroatoms. The van der Waals surface area contributed by atoms with Crippen LogP contribution < -0.4 is 0 Å². The number of carbonyl (C=O) groups is 2. The van der Waals surface area contributed by atoms with Crippen LogP contribution in [0.3, 0.4) is 0 Å². The molecule has 4 rings (SSSR count). The molecule has 1 unspecified atom stereocenters. The molecule has 0 spiro atoms. The fourth-order valence-electron chi connectivity index (χ4n) is 4.12. The zero-order valence-corrected chi connectivity index (χ0v) is 20.2. The van der Waals surface area contributed by atoms with Gasteiger partial charge in [-0.05, 0) is 65.5 Å². The first-order chi connectivity index (χ1) is 15.4.